The maximum atomic E-state index is 13.1. The molecule has 0 amide bonds. The van der Waals surface area contributed by atoms with Gasteiger partial charge in [-0.2, -0.15) is 4.31 Å². The fourth-order valence-electron chi connectivity index (χ4n) is 3.15. The summed E-state index contributed by atoms with van der Waals surface area (Å²) >= 11 is 0. The summed E-state index contributed by atoms with van der Waals surface area (Å²) in [4.78, 5) is 11.1. The number of benzene rings is 1. The summed E-state index contributed by atoms with van der Waals surface area (Å²) in [7, 11) is -3.69. The highest BCUT2D eigenvalue weighted by molar-refractivity contribution is 7.89. The van der Waals surface area contributed by atoms with Crippen LogP contribution in [0.4, 0.5) is 10.3 Å². The van der Waals surface area contributed by atoms with Crippen molar-refractivity contribution in [2.45, 2.75) is 17.9 Å². The standard InChI is InChI=1S/C17H19FN4O3S/c18-14-1-3-15(4-2-14)26(23,24)22-6-5-13-11-19-17(20-16(13)12-22)21-7-9-25-10-8-21/h1-4,11H,5-10,12H2. The van der Waals surface area contributed by atoms with Crippen molar-refractivity contribution in [1.29, 1.82) is 0 Å². The molecule has 9 heteroatoms. The molecule has 1 fully saturated rings. The molecule has 1 aromatic carbocycles. The Labute approximate surface area is 151 Å². The van der Waals surface area contributed by atoms with Gasteiger partial charge < -0.3 is 9.64 Å². The largest absolute Gasteiger partial charge is 0.378 e. The van der Waals surface area contributed by atoms with Crippen molar-refractivity contribution in [3.05, 3.63) is 47.5 Å². The number of fused-ring (bicyclic) bond motifs is 1. The fourth-order valence-corrected chi connectivity index (χ4v) is 4.55. The first-order valence-corrected chi connectivity index (χ1v) is 9.91. The molecule has 0 aliphatic carbocycles. The lowest BCUT2D eigenvalue weighted by Gasteiger charge is -2.30. The van der Waals surface area contributed by atoms with E-state index in [1.165, 1.54) is 16.4 Å². The van der Waals surface area contributed by atoms with Gasteiger partial charge in [-0.25, -0.2) is 22.8 Å². The van der Waals surface area contributed by atoms with Crippen molar-refractivity contribution in [1.82, 2.24) is 14.3 Å². The molecule has 3 heterocycles. The van der Waals surface area contributed by atoms with Gasteiger partial charge >= 0.3 is 0 Å². The monoisotopic (exact) mass is 378 g/mol. The molecule has 0 radical (unpaired) electrons. The van der Waals surface area contributed by atoms with Crippen molar-refractivity contribution < 1.29 is 17.5 Å². The summed E-state index contributed by atoms with van der Waals surface area (Å²) < 4.78 is 45.5. The minimum Gasteiger partial charge on any atom is -0.378 e. The summed E-state index contributed by atoms with van der Waals surface area (Å²) in [5.74, 6) is 0.143. The van der Waals surface area contributed by atoms with E-state index in [-0.39, 0.29) is 11.4 Å². The summed E-state index contributed by atoms with van der Waals surface area (Å²) in [5.41, 5.74) is 1.69. The van der Waals surface area contributed by atoms with Gasteiger partial charge in [0, 0.05) is 25.8 Å². The van der Waals surface area contributed by atoms with Crippen LogP contribution < -0.4 is 4.90 Å². The Morgan fingerprint density at radius 1 is 1.08 bits per heavy atom. The lowest BCUT2D eigenvalue weighted by molar-refractivity contribution is 0.122. The average molecular weight is 378 g/mol. The van der Waals surface area contributed by atoms with Crippen LogP contribution in [0.5, 0.6) is 0 Å². The SMILES string of the molecule is O=S(=O)(c1ccc(F)cc1)N1CCc2cnc(N3CCOCC3)nc2C1. The van der Waals surface area contributed by atoms with Crippen molar-refractivity contribution in [3.63, 3.8) is 0 Å². The number of rotatable bonds is 3. The van der Waals surface area contributed by atoms with Crippen LogP contribution >= 0.6 is 0 Å². The number of anilines is 1. The Balaban J connectivity index is 1.59. The Morgan fingerprint density at radius 3 is 2.54 bits per heavy atom. The van der Waals surface area contributed by atoms with E-state index in [1.54, 1.807) is 6.20 Å². The third kappa shape index (κ3) is 3.29. The van der Waals surface area contributed by atoms with Gasteiger partial charge in [-0.3, -0.25) is 0 Å². The van der Waals surface area contributed by atoms with Gasteiger partial charge in [0.1, 0.15) is 5.82 Å². The highest BCUT2D eigenvalue weighted by atomic mass is 32.2. The smallest absolute Gasteiger partial charge is 0.243 e. The van der Waals surface area contributed by atoms with Crippen molar-refractivity contribution in [2.75, 3.05) is 37.7 Å². The predicted octanol–water partition coefficient (Wildman–Crippen LogP) is 1.20. The Bertz CT molecular complexity index is 899. The number of morpholine rings is 1. The van der Waals surface area contributed by atoms with E-state index in [0.717, 1.165) is 36.5 Å². The van der Waals surface area contributed by atoms with Crippen LogP contribution in [0.2, 0.25) is 0 Å². The summed E-state index contributed by atoms with van der Waals surface area (Å²) in [6.45, 7) is 3.24. The third-order valence-electron chi connectivity index (χ3n) is 4.64. The van der Waals surface area contributed by atoms with Gasteiger partial charge in [0.25, 0.3) is 0 Å². The molecule has 138 valence electrons. The van der Waals surface area contributed by atoms with Crippen LogP contribution in [-0.2, 0) is 27.7 Å². The zero-order valence-electron chi connectivity index (χ0n) is 14.1. The molecule has 4 rings (SSSR count). The van der Waals surface area contributed by atoms with E-state index in [4.69, 9.17) is 4.74 Å². The molecule has 0 saturated carbocycles. The second-order valence-electron chi connectivity index (χ2n) is 6.28. The van der Waals surface area contributed by atoms with Crippen molar-refractivity contribution in [3.8, 4) is 0 Å². The lowest BCUT2D eigenvalue weighted by atomic mass is 10.1. The number of ether oxygens (including phenoxy) is 1. The molecule has 0 atom stereocenters. The molecule has 0 unspecified atom stereocenters. The first-order chi connectivity index (χ1) is 12.5. The maximum Gasteiger partial charge on any atom is 0.243 e. The molecule has 7 nitrogen and oxygen atoms in total. The van der Waals surface area contributed by atoms with Crippen molar-refractivity contribution in [2.24, 2.45) is 0 Å². The summed E-state index contributed by atoms with van der Waals surface area (Å²) in [6.07, 6.45) is 2.34. The van der Waals surface area contributed by atoms with E-state index in [9.17, 15) is 12.8 Å². The molecule has 26 heavy (non-hydrogen) atoms. The second-order valence-corrected chi connectivity index (χ2v) is 8.22. The van der Waals surface area contributed by atoms with Gasteiger partial charge in [-0.15, -0.1) is 0 Å². The van der Waals surface area contributed by atoms with Crippen molar-refractivity contribution >= 4 is 16.0 Å². The first kappa shape index (κ1) is 17.3. The molecule has 1 saturated heterocycles. The Morgan fingerprint density at radius 2 is 1.81 bits per heavy atom. The second kappa shape index (κ2) is 6.90. The van der Waals surface area contributed by atoms with Crippen LogP contribution in [-0.4, -0.2) is 55.5 Å². The first-order valence-electron chi connectivity index (χ1n) is 8.47. The molecular weight excluding hydrogens is 359 g/mol. The topological polar surface area (TPSA) is 75.6 Å². The minimum atomic E-state index is -3.69. The van der Waals surface area contributed by atoms with E-state index >= 15 is 0 Å². The van der Waals surface area contributed by atoms with Crippen LogP contribution in [0.3, 0.4) is 0 Å². The number of nitrogens with zero attached hydrogens (tertiary/aromatic N) is 4. The van der Waals surface area contributed by atoms with Gasteiger partial charge in [0.2, 0.25) is 16.0 Å². The van der Waals surface area contributed by atoms with E-state index in [1.807, 2.05) is 4.90 Å². The molecule has 2 aliphatic rings. The van der Waals surface area contributed by atoms with E-state index < -0.39 is 15.8 Å². The summed E-state index contributed by atoms with van der Waals surface area (Å²) in [6, 6.07) is 4.89. The highest BCUT2D eigenvalue weighted by Crippen LogP contribution is 2.25. The molecule has 2 aliphatic heterocycles. The van der Waals surface area contributed by atoms with Gasteiger partial charge in [-0.1, -0.05) is 0 Å². The molecular formula is C17H19FN4O3S. The van der Waals surface area contributed by atoms with Gasteiger partial charge in [0.05, 0.1) is 30.3 Å². The van der Waals surface area contributed by atoms with Crippen LogP contribution in [0.25, 0.3) is 0 Å². The zero-order valence-corrected chi connectivity index (χ0v) is 15.0. The molecule has 1 aromatic heterocycles. The maximum absolute atomic E-state index is 13.1. The molecule has 0 spiro atoms. The predicted molar refractivity (Wildman–Crippen MR) is 92.8 cm³/mol. The lowest BCUT2D eigenvalue weighted by Crippen LogP contribution is -2.39. The van der Waals surface area contributed by atoms with Gasteiger partial charge in [0.15, 0.2) is 0 Å². The average Bonchev–Trinajstić information content (AvgIpc) is 2.68. The number of aromatic nitrogens is 2. The number of hydrogen-bond acceptors (Lipinski definition) is 6. The quantitative estimate of drug-likeness (QED) is 0.799. The Kier molecular flexibility index (Phi) is 4.60. The fraction of sp³-hybridized carbons (Fsp3) is 0.412. The zero-order chi connectivity index (χ0) is 18.1. The third-order valence-corrected chi connectivity index (χ3v) is 6.50. The normalized spacial score (nSPS) is 18.6. The molecule has 2 aromatic rings. The number of sulfonamides is 1. The molecule has 0 bridgehead atoms. The number of hydrogen-bond donors (Lipinski definition) is 0. The Hall–Kier alpha value is -2.10. The van der Waals surface area contributed by atoms with Crippen LogP contribution in [0, 0.1) is 5.82 Å². The van der Waals surface area contributed by atoms with Crippen LogP contribution in [0.15, 0.2) is 35.4 Å². The van der Waals surface area contributed by atoms with Crippen LogP contribution in [0.1, 0.15) is 11.3 Å². The highest BCUT2D eigenvalue weighted by Gasteiger charge is 2.30. The molecule has 0 N–H and O–H groups in total. The van der Waals surface area contributed by atoms with E-state index in [0.29, 0.717) is 32.1 Å². The van der Waals surface area contributed by atoms with Gasteiger partial charge in [-0.05, 0) is 36.2 Å². The summed E-state index contributed by atoms with van der Waals surface area (Å²) in [5, 5.41) is 0. The van der Waals surface area contributed by atoms with E-state index in [2.05, 4.69) is 9.97 Å². The number of halogens is 1. The minimum absolute atomic E-state index is 0.0878.